The number of hydrogen-bond acceptors (Lipinski definition) is 4. The van der Waals surface area contributed by atoms with E-state index >= 15 is 0 Å². The van der Waals surface area contributed by atoms with E-state index < -0.39 is 0 Å². The van der Waals surface area contributed by atoms with Crippen LogP contribution in [0.15, 0.2) is 47.5 Å². The standard InChI is InChI=1S/C23H31FN4O3.HI/c1-4-25-23(27-12-11-18-7-10-20(30-2)21(15-18)31-3)28-14-13-26-22(29)16-17-5-8-19(24)9-6-17;/h5-10,15H,4,11-14,16H2,1-3H3,(H,26,29)(H2,25,27,28);1H. The maximum Gasteiger partial charge on any atom is 0.224 e. The van der Waals surface area contributed by atoms with Gasteiger partial charge in [0, 0.05) is 26.2 Å². The van der Waals surface area contributed by atoms with Crippen molar-refractivity contribution in [2.45, 2.75) is 19.8 Å². The highest BCUT2D eigenvalue weighted by Gasteiger charge is 2.05. The molecule has 0 aromatic heterocycles. The lowest BCUT2D eigenvalue weighted by Crippen LogP contribution is -2.41. The van der Waals surface area contributed by atoms with Crippen molar-refractivity contribution in [2.75, 3.05) is 40.4 Å². The Kier molecular flexibility index (Phi) is 13.1. The molecule has 0 fully saturated rings. The van der Waals surface area contributed by atoms with Crippen molar-refractivity contribution in [3.63, 3.8) is 0 Å². The van der Waals surface area contributed by atoms with Gasteiger partial charge in [-0.05, 0) is 48.7 Å². The van der Waals surface area contributed by atoms with E-state index in [1.165, 1.54) is 12.1 Å². The molecule has 0 atom stereocenters. The lowest BCUT2D eigenvalue weighted by molar-refractivity contribution is -0.120. The smallest absolute Gasteiger partial charge is 0.224 e. The molecule has 2 rings (SSSR count). The number of nitrogens with one attached hydrogen (secondary N) is 3. The molecule has 0 saturated heterocycles. The van der Waals surface area contributed by atoms with Crippen LogP contribution in [0.2, 0.25) is 0 Å². The molecule has 7 nitrogen and oxygen atoms in total. The lowest BCUT2D eigenvalue weighted by Gasteiger charge is -2.12. The maximum absolute atomic E-state index is 12.9. The minimum atomic E-state index is -0.310. The maximum atomic E-state index is 12.9. The second-order valence-electron chi connectivity index (χ2n) is 6.78. The van der Waals surface area contributed by atoms with E-state index in [2.05, 4.69) is 20.9 Å². The molecule has 9 heteroatoms. The number of halogens is 2. The van der Waals surface area contributed by atoms with Crippen LogP contribution in [0.5, 0.6) is 11.5 Å². The van der Waals surface area contributed by atoms with Gasteiger partial charge in [-0.1, -0.05) is 18.2 Å². The van der Waals surface area contributed by atoms with E-state index in [-0.39, 0.29) is 42.1 Å². The third-order valence-corrected chi connectivity index (χ3v) is 4.48. The summed E-state index contributed by atoms with van der Waals surface area (Å²) in [5.41, 5.74) is 1.88. The van der Waals surface area contributed by atoms with Crippen LogP contribution in [-0.4, -0.2) is 52.3 Å². The molecule has 3 N–H and O–H groups in total. The van der Waals surface area contributed by atoms with Crippen LogP contribution in [0.3, 0.4) is 0 Å². The fourth-order valence-electron chi connectivity index (χ4n) is 2.91. The molecule has 1 amide bonds. The van der Waals surface area contributed by atoms with E-state index in [9.17, 15) is 9.18 Å². The van der Waals surface area contributed by atoms with Gasteiger partial charge in [-0.3, -0.25) is 9.79 Å². The van der Waals surface area contributed by atoms with Crippen LogP contribution in [0.1, 0.15) is 18.1 Å². The molecule has 0 radical (unpaired) electrons. The molecule has 2 aromatic rings. The summed E-state index contributed by atoms with van der Waals surface area (Å²) in [7, 11) is 3.23. The Bertz CT molecular complexity index is 863. The van der Waals surface area contributed by atoms with Crippen LogP contribution < -0.4 is 25.4 Å². The van der Waals surface area contributed by atoms with Gasteiger partial charge in [0.1, 0.15) is 5.82 Å². The van der Waals surface area contributed by atoms with Crippen molar-refractivity contribution in [1.82, 2.24) is 16.0 Å². The number of ether oxygens (including phenoxy) is 2. The van der Waals surface area contributed by atoms with Gasteiger partial charge in [0.15, 0.2) is 17.5 Å². The Morgan fingerprint density at radius 3 is 2.25 bits per heavy atom. The molecule has 0 aliphatic carbocycles. The molecule has 0 saturated carbocycles. The van der Waals surface area contributed by atoms with Crippen LogP contribution in [0.4, 0.5) is 4.39 Å². The van der Waals surface area contributed by atoms with E-state index in [4.69, 9.17) is 9.47 Å². The minimum Gasteiger partial charge on any atom is -0.493 e. The zero-order valence-electron chi connectivity index (χ0n) is 18.7. The average molecular weight is 558 g/mol. The molecule has 0 bridgehead atoms. The number of aliphatic imine (C=N–C) groups is 1. The van der Waals surface area contributed by atoms with Gasteiger partial charge < -0.3 is 25.4 Å². The molecule has 0 spiro atoms. The monoisotopic (exact) mass is 558 g/mol. The van der Waals surface area contributed by atoms with Crippen molar-refractivity contribution in [3.05, 3.63) is 59.4 Å². The molecular formula is C23H32FIN4O3. The number of amides is 1. The third-order valence-electron chi connectivity index (χ3n) is 4.48. The van der Waals surface area contributed by atoms with Gasteiger partial charge in [0.25, 0.3) is 0 Å². The number of hydrogen-bond donors (Lipinski definition) is 3. The first-order valence-electron chi connectivity index (χ1n) is 10.3. The zero-order valence-corrected chi connectivity index (χ0v) is 21.1. The van der Waals surface area contributed by atoms with E-state index in [1.807, 2.05) is 25.1 Å². The number of rotatable bonds is 11. The second-order valence-corrected chi connectivity index (χ2v) is 6.78. The second kappa shape index (κ2) is 15.3. The zero-order chi connectivity index (χ0) is 22.5. The molecule has 176 valence electrons. The highest BCUT2D eigenvalue weighted by molar-refractivity contribution is 14.0. The highest BCUT2D eigenvalue weighted by atomic mass is 127. The summed E-state index contributed by atoms with van der Waals surface area (Å²) in [5.74, 6) is 1.67. The molecular weight excluding hydrogens is 526 g/mol. The number of guanidine groups is 1. The Hall–Kier alpha value is -2.56. The summed E-state index contributed by atoms with van der Waals surface area (Å²) in [4.78, 5) is 16.6. The van der Waals surface area contributed by atoms with Crippen molar-refractivity contribution >= 4 is 35.8 Å². The summed E-state index contributed by atoms with van der Waals surface area (Å²) >= 11 is 0. The number of benzene rings is 2. The van der Waals surface area contributed by atoms with Gasteiger partial charge in [-0.25, -0.2) is 4.39 Å². The van der Waals surface area contributed by atoms with Crippen molar-refractivity contribution in [2.24, 2.45) is 4.99 Å². The minimum absolute atomic E-state index is 0. The van der Waals surface area contributed by atoms with Crippen molar-refractivity contribution < 1.29 is 18.7 Å². The van der Waals surface area contributed by atoms with E-state index in [0.29, 0.717) is 37.1 Å². The Labute approximate surface area is 206 Å². The molecule has 0 aliphatic heterocycles. The topological polar surface area (TPSA) is 84.0 Å². The number of carbonyl (C=O) groups excluding carboxylic acids is 1. The molecule has 0 heterocycles. The van der Waals surface area contributed by atoms with E-state index in [1.54, 1.807) is 26.4 Å². The first-order chi connectivity index (χ1) is 15.0. The highest BCUT2D eigenvalue weighted by Crippen LogP contribution is 2.27. The summed E-state index contributed by atoms with van der Waals surface area (Å²) < 4.78 is 23.5. The molecule has 0 aliphatic rings. The first-order valence-corrected chi connectivity index (χ1v) is 10.3. The largest absolute Gasteiger partial charge is 0.493 e. The number of carbonyl (C=O) groups is 1. The lowest BCUT2D eigenvalue weighted by atomic mass is 10.1. The van der Waals surface area contributed by atoms with Gasteiger partial charge in [-0.2, -0.15) is 0 Å². The Balaban J connectivity index is 0.00000512. The third kappa shape index (κ3) is 9.71. The van der Waals surface area contributed by atoms with Crippen LogP contribution in [0.25, 0.3) is 0 Å². The van der Waals surface area contributed by atoms with Crippen molar-refractivity contribution in [1.29, 1.82) is 0 Å². The predicted octanol–water partition coefficient (Wildman–Crippen LogP) is 2.92. The van der Waals surface area contributed by atoms with Crippen LogP contribution in [-0.2, 0) is 17.6 Å². The van der Waals surface area contributed by atoms with Gasteiger partial charge in [0.05, 0.1) is 20.6 Å². The van der Waals surface area contributed by atoms with Crippen molar-refractivity contribution in [3.8, 4) is 11.5 Å². The van der Waals surface area contributed by atoms with Gasteiger partial charge >= 0.3 is 0 Å². The Morgan fingerprint density at radius 2 is 1.59 bits per heavy atom. The number of methoxy groups -OCH3 is 2. The molecule has 2 aromatic carbocycles. The molecule has 32 heavy (non-hydrogen) atoms. The van der Waals surface area contributed by atoms with Crippen LogP contribution in [0, 0.1) is 5.82 Å². The summed E-state index contributed by atoms with van der Waals surface area (Å²) in [6.07, 6.45) is 0.977. The SMILES string of the molecule is CCNC(=NCCc1ccc(OC)c(OC)c1)NCCNC(=O)Cc1ccc(F)cc1.I. The van der Waals surface area contributed by atoms with Crippen LogP contribution >= 0.6 is 24.0 Å². The quantitative estimate of drug-likeness (QED) is 0.171. The fraction of sp³-hybridized carbons (Fsp3) is 0.391. The fourth-order valence-corrected chi connectivity index (χ4v) is 2.91. The molecule has 0 unspecified atom stereocenters. The van der Waals surface area contributed by atoms with E-state index in [0.717, 1.165) is 24.1 Å². The van der Waals surface area contributed by atoms with Gasteiger partial charge in [0.2, 0.25) is 5.91 Å². The first kappa shape index (κ1) is 27.5. The summed E-state index contributed by atoms with van der Waals surface area (Å²) in [5, 5.41) is 9.24. The number of nitrogens with zero attached hydrogens (tertiary/aromatic N) is 1. The predicted molar refractivity (Wildman–Crippen MR) is 136 cm³/mol. The van der Waals surface area contributed by atoms with Gasteiger partial charge in [-0.15, -0.1) is 24.0 Å². The average Bonchev–Trinajstić information content (AvgIpc) is 2.78. The Morgan fingerprint density at radius 1 is 0.938 bits per heavy atom. The normalized spacial score (nSPS) is 10.7. The summed E-state index contributed by atoms with van der Waals surface area (Å²) in [6.45, 7) is 4.33. The summed E-state index contributed by atoms with van der Waals surface area (Å²) in [6, 6.07) is 11.8.